The molecule has 2 N–H and O–H groups in total. The molecule has 1 saturated heterocycles. The Kier molecular flexibility index (Phi) is 10.4. The number of thiazole rings is 1. The van der Waals surface area contributed by atoms with Crippen LogP contribution in [0.15, 0.2) is 10.4 Å². The molecule has 9 nitrogen and oxygen atoms in total. The van der Waals surface area contributed by atoms with Crippen LogP contribution >= 0.6 is 11.3 Å². The summed E-state index contributed by atoms with van der Waals surface area (Å²) in [5.74, 6) is 2.45. The Morgan fingerprint density at radius 2 is 1.76 bits per heavy atom. The van der Waals surface area contributed by atoms with Crippen molar-refractivity contribution in [1.82, 2.24) is 14.6 Å². The van der Waals surface area contributed by atoms with Gasteiger partial charge in [0.1, 0.15) is 0 Å². The Balaban J connectivity index is 1.28. The van der Waals surface area contributed by atoms with E-state index in [1.54, 1.807) is 4.90 Å². The van der Waals surface area contributed by atoms with Gasteiger partial charge in [0.15, 0.2) is 9.34 Å². The van der Waals surface area contributed by atoms with Gasteiger partial charge in [-0.15, -0.1) is 0 Å². The van der Waals surface area contributed by atoms with E-state index in [4.69, 9.17) is 4.74 Å². The number of morpholine rings is 1. The molecule has 2 amide bonds. The van der Waals surface area contributed by atoms with Gasteiger partial charge in [-0.25, -0.2) is 18.1 Å². The lowest BCUT2D eigenvalue weighted by atomic mass is 9.67. The fourth-order valence-corrected chi connectivity index (χ4v) is 8.27. The summed E-state index contributed by atoms with van der Waals surface area (Å²) in [6.45, 7) is 3.86. The fraction of sp³-hybridized carbons (Fsp3) is 0.808. The summed E-state index contributed by atoms with van der Waals surface area (Å²) in [5.41, 5.74) is 0. The van der Waals surface area contributed by atoms with Crippen LogP contribution in [0.25, 0.3) is 0 Å². The summed E-state index contributed by atoms with van der Waals surface area (Å²) in [7, 11) is -3.89. The second-order valence-electron chi connectivity index (χ2n) is 11.0. The van der Waals surface area contributed by atoms with Crippen LogP contribution in [-0.2, 0) is 24.3 Å². The topological polar surface area (TPSA) is 118 Å². The van der Waals surface area contributed by atoms with Gasteiger partial charge >= 0.3 is 0 Å². The Morgan fingerprint density at radius 3 is 2.46 bits per heavy atom. The van der Waals surface area contributed by atoms with Gasteiger partial charge in [0.05, 0.1) is 26.0 Å². The van der Waals surface area contributed by atoms with Gasteiger partial charge < -0.3 is 15.0 Å². The third-order valence-electron chi connectivity index (χ3n) is 8.40. The van der Waals surface area contributed by atoms with Crippen molar-refractivity contribution in [3.05, 3.63) is 6.20 Å². The Labute approximate surface area is 225 Å². The van der Waals surface area contributed by atoms with Gasteiger partial charge in [0, 0.05) is 19.5 Å². The van der Waals surface area contributed by atoms with Gasteiger partial charge in [-0.1, -0.05) is 63.2 Å². The van der Waals surface area contributed by atoms with Gasteiger partial charge in [-0.2, -0.15) is 0 Å². The Hall–Kier alpha value is -1.56. The monoisotopic (exact) mass is 554 g/mol. The van der Waals surface area contributed by atoms with Crippen molar-refractivity contribution in [3.63, 3.8) is 0 Å². The van der Waals surface area contributed by atoms with Crippen molar-refractivity contribution in [2.75, 3.05) is 38.2 Å². The maximum Gasteiger partial charge on any atom is 0.252 e. The molecule has 1 aromatic rings. The number of anilines is 1. The second-order valence-corrected chi connectivity index (χ2v) is 14.0. The predicted octanol–water partition coefficient (Wildman–Crippen LogP) is 4.02. The molecule has 1 aliphatic heterocycles. The molecule has 11 heteroatoms. The van der Waals surface area contributed by atoms with Crippen LogP contribution in [0.5, 0.6) is 0 Å². The van der Waals surface area contributed by atoms with Crippen molar-refractivity contribution in [2.45, 2.75) is 81.8 Å². The van der Waals surface area contributed by atoms with Crippen LogP contribution in [0.2, 0.25) is 0 Å². The number of nitrogens with one attached hydrogen (secondary N) is 2. The number of hydrogen-bond acceptors (Lipinski definition) is 7. The molecule has 2 aliphatic carbocycles. The van der Waals surface area contributed by atoms with Crippen molar-refractivity contribution in [2.24, 2.45) is 23.7 Å². The van der Waals surface area contributed by atoms with Gasteiger partial charge in [-0.3, -0.25) is 9.59 Å². The zero-order chi connectivity index (χ0) is 26.3. The largest absolute Gasteiger partial charge is 0.378 e. The van der Waals surface area contributed by atoms with Crippen molar-refractivity contribution < 1.29 is 22.7 Å². The molecule has 37 heavy (non-hydrogen) atoms. The normalized spacial score (nSPS) is 24.5. The van der Waals surface area contributed by atoms with Crippen LogP contribution in [0.1, 0.15) is 77.6 Å². The lowest BCUT2D eigenvalue weighted by Crippen LogP contribution is -2.45. The number of aromatic nitrogens is 1. The lowest BCUT2D eigenvalue weighted by molar-refractivity contribution is -0.133. The highest BCUT2D eigenvalue weighted by Gasteiger charge is 2.33. The zero-order valence-electron chi connectivity index (χ0n) is 22.0. The highest BCUT2D eigenvalue weighted by Crippen LogP contribution is 2.43. The van der Waals surface area contributed by atoms with Crippen LogP contribution in [0.4, 0.5) is 5.13 Å². The molecule has 3 fully saturated rings. The first-order chi connectivity index (χ1) is 17.8. The molecule has 1 aromatic heterocycles. The molecule has 208 valence electrons. The van der Waals surface area contributed by atoms with Crippen molar-refractivity contribution in [1.29, 1.82) is 0 Å². The Morgan fingerprint density at radius 1 is 1.08 bits per heavy atom. The maximum atomic E-state index is 12.8. The minimum Gasteiger partial charge on any atom is -0.378 e. The van der Waals surface area contributed by atoms with Crippen LogP contribution in [0.3, 0.4) is 0 Å². The summed E-state index contributed by atoms with van der Waals surface area (Å²) in [5, 5.41) is 3.08. The first kappa shape index (κ1) is 28.4. The number of ether oxygens (including phenoxy) is 1. The van der Waals surface area contributed by atoms with Crippen molar-refractivity contribution in [3.8, 4) is 0 Å². The van der Waals surface area contributed by atoms with Gasteiger partial charge in [0.25, 0.3) is 10.0 Å². The van der Waals surface area contributed by atoms with Gasteiger partial charge in [-0.05, 0) is 42.9 Å². The summed E-state index contributed by atoms with van der Waals surface area (Å²) in [6.07, 6.45) is 14.2. The molecule has 4 rings (SSSR count). The molecule has 0 aromatic carbocycles. The highest BCUT2D eigenvalue weighted by molar-refractivity contribution is 7.91. The maximum absolute atomic E-state index is 12.8. The first-order valence-electron chi connectivity index (χ1n) is 13.9. The Bertz CT molecular complexity index is 994. The van der Waals surface area contributed by atoms with E-state index in [1.807, 2.05) is 0 Å². The van der Waals surface area contributed by atoms with Gasteiger partial charge in [0.2, 0.25) is 11.8 Å². The summed E-state index contributed by atoms with van der Waals surface area (Å²) >= 11 is 0.908. The first-order valence-corrected chi connectivity index (χ1v) is 16.2. The lowest BCUT2D eigenvalue weighted by Gasteiger charge is -2.39. The molecular weight excluding hydrogens is 512 g/mol. The van der Waals surface area contributed by atoms with Crippen molar-refractivity contribution >= 4 is 38.3 Å². The molecular formula is C26H42N4O5S2. The average Bonchev–Trinajstić information content (AvgIpc) is 3.39. The summed E-state index contributed by atoms with van der Waals surface area (Å²) in [6, 6.07) is 0. The van der Waals surface area contributed by atoms with E-state index in [-0.39, 0.29) is 27.7 Å². The van der Waals surface area contributed by atoms with E-state index in [1.165, 1.54) is 64.0 Å². The standard InChI is InChI=1S/C26H42N4O5S2/c1-19-7-9-21(10-8-19)22(20-5-3-2-4-6-20)11-12-23(31)29-26-27-18-25(36-26)37(33,34)28-17-24(32)30-13-15-35-16-14-30/h18-22,28H,2-17H2,1H3,(H,27,29,31). The third kappa shape index (κ3) is 8.21. The highest BCUT2D eigenvalue weighted by atomic mass is 32.2. The quantitative estimate of drug-likeness (QED) is 0.451. The minimum atomic E-state index is -3.89. The van der Waals surface area contributed by atoms with Crippen LogP contribution in [0, 0.1) is 23.7 Å². The second kappa shape index (κ2) is 13.5. The number of carbonyl (C=O) groups excluding carboxylic acids is 2. The summed E-state index contributed by atoms with van der Waals surface area (Å²) in [4.78, 5) is 30.8. The van der Waals surface area contributed by atoms with E-state index in [9.17, 15) is 18.0 Å². The fourth-order valence-electron chi connectivity index (χ4n) is 6.21. The minimum absolute atomic E-state index is 0.0195. The molecule has 1 unspecified atom stereocenters. The average molecular weight is 555 g/mol. The molecule has 0 spiro atoms. The molecule has 0 radical (unpaired) electrons. The number of carbonyl (C=O) groups is 2. The molecule has 0 bridgehead atoms. The number of hydrogen-bond donors (Lipinski definition) is 2. The molecule has 2 heterocycles. The number of rotatable bonds is 10. The molecule has 1 atom stereocenters. The van der Waals surface area contributed by atoms with Crippen LogP contribution < -0.4 is 10.0 Å². The smallest absolute Gasteiger partial charge is 0.252 e. The van der Waals surface area contributed by atoms with E-state index >= 15 is 0 Å². The van der Waals surface area contributed by atoms with E-state index < -0.39 is 10.0 Å². The predicted molar refractivity (Wildman–Crippen MR) is 144 cm³/mol. The van der Waals surface area contributed by atoms with Crippen LogP contribution in [-0.4, -0.2) is 63.0 Å². The molecule has 2 saturated carbocycles. The zero-order valence-corrected chi connectivity index (χ0v) is 23.6. The number of amides is 2. The summed E-state index contributed by atoms with van der Waals surface area (Å²) < 4.78 is 32.9. The van der Waals surface area contributed by atoms with E-state index in [0.29, 0.717) is 38.6 Å². The SMILES string of the molecule is CC1CCC(C(CCC(=O)Nc2ncc(S(=O)(=O)NCC(=O)N3CCOCC3)s2)C2CCCCC2)CC1. The van der Waals surface area contributed by atoms with E-state index in [2.05, 4.69) is 21.9 Å². The molecule has 3 aliphatic rings. The third-order valence-corrected chi connectivity index (χ3v) is 11.2. The number of nitrogens with zero attached hydrogens (tertiary/aromatic N) is 2. The van der Waals surface area contributed by atoms with E-state index in [0.717, 1.165) is 35.5 Å². The number of sulfonamides is 1.